The molecule has 0 aliphatic carbocycles. The van der Waals surface area contributed by atoms with Crippen LogP contribution in [-0.2, 0) is 10.0 Å². The van der Waals surface area contributed by atoms with E-state index in [2.05, 4.69) is 0 Å². The lowest BCUT2D eigenvalue weighted by atomic mass is 10.0. The molecule has 4 rings (SSSR count). The van der Waals surface area contributed by atoms with Crippen LogP contribution >= 0.6 is 0 Å². The van der Waals surface area contributed by atoms with Crippen molar-refractivity contribution in [3.8, 4) is 0 Å². The summed E-state index contributed by atoms with van der Waals surface area (Å²) in [6, 6.07) is 19.0. The monoisotopic (exact) mass is 363 g/mol. The molecule has 4 nitrogen and oxygen atoms in total. The zero-order valence-electron chi connectivity index (χ0n) is 14.4. The van der Waals surface area contributed by atoms with Crippen LogP contribution in [0.15, 0.2) is 76.4 Å². The topological polar surface area (TPSA) is 56.1 Å². The summed E-state index contributed by atoms with van der Waals surface area (Å²) in [4.78, 5) is 13.3. The lowest BCUT2D eigenvalue weighted by molar-refractivity contribution is 0.587. The third-order valence-electron chi connectivity index (χ3n) is 4.53. The van der Waals surface area contributed by atoms with E-state index in [1.54, 1.807) is 30.3 Å². The van der Waals surface area contributed by atoms with Gasteiger partial charge >= 0.3 is 0 Å². The molecule has 0 saturated carbocycles. The van der Waals surface area contributed by atoms with Crippen LogP contribution in [0.3, 0.4) is 0 Å². The number of aryl methyl sites for hydroxylation is 2. The third-order valence-corrected chi connectivity index (χ3v) is 6.24. The highest BCUT2D eigenvalue weighted by Gasteiger charge is 2.23. The second-order valence-electron chi connectivity index (χ2n) is 6.46. The first-order valence-electron chi connectivity index (χ1n) is 8.26. The Morgan fingerprint density at radius 2 is 1.35 bits per heavy atom. The van der Waals surface area contributed by atoms with Gasteiger partial charge in [0, 0.05) is 10.8 Å². The summed E-state index contributed by atoms with van der Waals surface area (Å²) in [5.74, 6) is 0. The van der Waals surface area contributed by atoms with E-state index >= 15 is 0 Å². The van der Waals surface area contributed by atoms with Crippen molar-refractivity contribution >= 4 is 31.7 Å². The lowest BCUT2D eigenvalue weighted by Gasteiger charge is -2.14. The van der Waals surface area contributed by atoms with E-state index in [0.717, 1.165) is 25.9 Å². The van der Waals surface area contributed by atoms with Crippen molar-refractivity contribution in [1.29, 1.82) is 0 Å². The van der Waals surface area contributed by atoms with E-state index in [1.165, 1.54) is 12.1 Å². The molecule has 0 amide bonds. The highest BCUT2D eigenvalue weighted by atomic mass is 32.2. The summed E-state index contributed by atoms with van der Waals surface area (Å²) < 4.78 is 27.4. The van der Waals surface area contributed by atoms with E-state index < -0.39 is 15.6 Å². The number of hydrogen-bond donors (Lipinski definition) is 0. The average molecular weight is 363 g/mol. The molecule has 0 fully saturated rings. The van der Waals surface area contributed by atoms with Crippen molar-refractivity contribution in [1.82, 2.24) is 3.97 Å². The second-order valence-corrected chi connectivity index (χ2v) is 8.24. The van der Waals surface area contributed by atoms with Gasteiger partial charge in [-0.15, -0.1) is 0 Å². The van der Waals surface area contributed by atoms with Gasteiger partial charge in [0.25, 0.3) is 15.6 Å². The van der Waals surface area contributed by atoms with Gasteiger partial charge in [0.1, 0.15) is 0 Å². The van der Waals surface area contributed by atoms with E-state index in [0.29, 0.717) is 10.9 Å². The fourth-order valence-electron chi connectivity index (χ4n) is 3.27. The number of hydrogen-bond acceptors (Lipinski definition) is 3. The molecule has 1 heterocycles. The van der Waals surface area contributed by atoms with Crippen LogP contribution in [0.4, 0.5) is 0 Å². The summed E-state index contributed by atoms with van der Waals surface area (Å²) in [6.07, 6.45) is 0. The van der Waals surface area contributed by atoms with Crippen LogP contribution in [0.2, 0.25) is 0 Å². The minimum Gasteiger partial charge on any atom is -0.268 e. The Hall–Kier alpha value is -2.92. The highest BCUT2D eigenvalue weighted by Crippen LogP contribution is 2.27. The van der Waals surface area contributed by atoms with Crippen molar-refractivity contribution in [2.75, 3.05) is 0 Å². The van der Waals surface area contributed by atoms with Gasteiger partial charge in [-0.3, -0.25) is 4.79 Å². The van der Waals surface area contributed by atoms with E-state index in [9.17, 15) is 13.2 Å². The van der Waals surface area contributed by atoms with Gasteiger partial charge in [-0.25, -0.2) is 8.42 Å². The number of benzene rings is 3. The normalized spacial score (nSPS) is 11.9. The average Bonchev–Trinajstić information content (AvgIpc) is 2.63. The molecule has 0 N–H and O–H groups in total. The maximum absolute atomic E-state index is 13.2. The van der Waals surface area contributed by atoms with Crippen LogP contribution in [0, 0.1) is 13.8 Å². The van der Waals surface area contributed by atoms with Crippen molar-refractivity contribution in [3.63, 3.8) is 0 Å². The molecule has 3 aromatic carbocycles. The van der Waals surface area contributed by atoms with Crippen LogP contribution in [0.1, 0.15) is 11.1 Å². The Kier molecular flexibility index (Phi) is 3.70. The van der Waals surface area contributed by atoms with Crippen LogP contribution in [-0.4, -0.2) is 12.4 Å². The molecule has 0 aliphatic rings. The minimum atomic E-state index is -4.01. The molecule has 0 aliphatic heterocycles. The van der Waals surface area contributed by atoms with Gasteiger partial charge in [0.2, 0.25) is 0 Å². The molecule has 1 aromatic heterocycles. The van der Waals surface area contributed by atoms with Gasteiger partial charge in [-0.2, -0.15) is 3.97 Å². The Balaban J connectivity index is 2.25. The number of rotatable bonds is 2. The fraction of sp³-hybridized carbons (Fsp3) is 0.0952. The number of pyridine rings is 1. The van der Waals surface area contributed by atoms with Gasteiger partial charge in [-0.05, 0) is 49.6 Å². The minimum absolute atomic E-state index is 0.0935. The quantitative estimate of drug-likeness (QED) is 0.506. The summed E-state index contributed by atoms with van der Waals surface area (Å²) in [5.41, 5.74) is 1.77. The zero-order chi connectivity index (χ0) is 18.5. The van der Waals surface area contributed by atoms with Crippen molar-refractivity contribution in [2.24, 2.45) is 0 Å². The van der Waals surface area contributed by atoms with Crippen LogP contribution in [0.5, 0.6) is 0 Å². The van der Waals surface area contributed by atoms with Gasteiger partial charge in [-0.1, -0.05) is 47.5 Å². The highest BCUT2D eigenvalue weighted by molar-refractivity contribution is 7.90. The SMILES string of the molecule is Cc1ccc2c(c1)c(=O)n(S(=O)(=O)c1ccccc1)c1ccc(C)cc21. The first kappa shape index (κ1) is 16.5. The smallest absolute Gasteiger partial charge is 0.268 e. The Bertz CT molecular complexity index is 1320. The molecule has 0 unspecified atom stereocenters. The molecule has 0 saturated heterocycles. The third kappa shape index (κ3) is 2.44. The van der Waals surface area contributed by atoms with Crippen LogP contribution in [0.25, 0.3) is 21.7 Å². The second kappa shape index (κ2) is 5.81. The summed E-state index contributed by atoms with van der Waals surface area (Å²) in [6.45, 7) is 3.83. The van der Waals surface area contributed by atoms with Gasteiger partial charge in [0.15, 0.2) is 0 Å². The molecule has 4 aromatic rings. The Morgan fingerprint density at radius 1 is 0.731 bits per heavy atom. The van der Waals surface area contributed by atoms with Crippen molar-refractivity contribution in [3.05, 3.63) is 88.2 Å². The van der Waals surface area contributed by atoms with Crippen molar-refractivity contribution < 1.29 is 8.42 Å². The standard InChI is InChI=1S/C21H17NO3S/c1-14-8-10-17-18-12-15(2)9-11-20(18)22(21(23)19(17)13-14)26(24,25)16-6-4-3-5-7-16/h3-13H,1-2H3. The fourth-order valence-corrected chi connectivity index (χ4v) is 4.71. The molecule has 0 radical (unpaired) electrons. The molecular formula is C21H17NO3S. The largest absolute Gasteiger partial charge is 0.272 e. The molecule has 0 spiro atoms. The molecule has 26 heavy (non-hydrogen) atoms. The Morgan fingerprint density at radius 3 is 2.04 bits per heavy atom. The lowest BCUT2D eigenvalue weighted by Crippen LogP contribution is -2.28. The van der Waals surface area contributed by atoms with E-state index in [1.807, 2.05) is 38.1 Å². The molecule has 0 atom stereocenters. The van der Waals surface area contributed by atoms with Crippen molar-refractivity contribution in [2.45, 2.75) is 18.7 Å². The zero-order valence-corrected chi connectivity index (χ0v) is 15.2. The van der Waals surface area contributed by atoms with Crippen LogP contribution < -0.4 is 5.56 Å². The molecular weight excluding hydrogens is 346 g/mol. The van der Waals surface area contributed by atoms with E-state index in [4.69, 9.17) is 0 Å². The first-order chi connectivity index (χ1) is 12.4. The summed E-state index contributed by atoms with van der Waals surface area (Å²) in [5, 5.41) is 1.92. The number of aromatic nitrogens is 1. The number of nitrogens with zero attached hydrogens (tertiary/aromatic N) is 1. The van der Waals surface area contributed by atoms with E-state index in [-0.39, 0.29) is 4.90 Å². The first-order valence-corrected chi connectivity index (χ1v) is 9.70. The number of fused-ring (bicyclic) bond motifs is 3. The summed E-state index contributed by atoms with van der Waals surface area (Å²) in [7, 11) is -4.01. The summed E-state index contributed by atoms with van der Waals surface area (Å²) >= 11 is 0. The van der Waals surface area contributed by atoms with Gasteiger partial charge < -0.3 is 0 Å². The molecule has 5 heteroatoms. The maximum atomic E-state index is 13.2. The molecule has 130 valence electrons. The predicted octanol–water partition coefficient (Wildman–Crippen LogP) is 4.01. The predicted molar refractivity (Wildman–Crippen MR) is 104 cm³/mol. The molecule has 0 bridgehead atoms. The Labute approximate surface area is 151 Å². The van der Waals surface area contributed by atoms with Gasteiger partial charge in [0.05, 0.1) is 10.4 Å². The maximum Gasteiger partial charge on any atom is 0.272 e.